The molecule has 0 fully saturated rings. The number of ether oxygens (including phenoxy) is 12. The third-order valence-electron chi connectivity index (χ3n) is 11.4. The second kappa shape index (κ2) is 53.5. The molecular formula is C49H99N3O29. The van der Waals surface area contributed by atoms with Crippen LogP contribution in [0, 0.1) is 0 Å². The molecule has 0 aliphatic heterocycles. The molecule has 484 valence electrons. The lowest BCUT2D eigenvalue weighted by Crippen LogP contribution is -2.58. The second-order valence-electron chi connectivity index (χ2n) is 18.2. The van der Waals surface area contributed by atoms with Crippen LogP contribution in [0.3, 0.4) is 0 Å². The number of hydrogen-bond donors (Lipinski definition) is 17. The van der Waals surface area contributed by atoms with Crippen LogP contribution in [0.25, 0.3) is 0 Å². The van der Waals surface area contributed by atoms with Crippen molar-refractivity contribution in [1.82, 2.24) is 15.5 Å². The SMILES string of the molecule is CC(=O)CCOCCOCCOCCOCCOCCOCCOCCOCCOCCOCCOCCOCCNC(=O)C(CN(C[C@H](O)[C@@H](O)[C@H](O)[C@H](O)CO)C[C@H](O)[C@@H](O)[C@H](O)[C@H](O)CO)NC[C@H](O)[C@@H](O)[C@H](O)[C@H](O)CO. The molecule has 0 aromatic rings. The summed E-state index contributed by atoms with van der Waals surface area (Å²) in [5.41, 5.74) is 0. The monoisotopic (exact) mass is 1190 g/mol. The summed E-state index contributed by atoms with van der Waals surface area (Å²) in [5.74, 6) is -0.731. The van der Waals surface area contributed by atoms with Gasteiger partial charge in [-0.2, -0.15) is 0 Å². The number of carbonyl (C=O) groups excluding carboxylic acids is 2. The van der Waals surface area contributed by atoms with E-state index in [1.807, 2.05) is 0 Å². The fraction of sp³-hybridized carbons (Fsp3) is 0.959. The maximum absolute atomic E-state index is 13.5. The fourth-order valence-electron chi connectivity index (χ4n) is 6.65. The van der Waals surface area contributed by atoms with E-state index in [0.717, 1.165) is 4.90 Å². The van der Waals surface area contributed by atoms with Crippen LogP contribution in [0.15, 0.2) is 0 Å². The first-order chi connectivity index (χ1) is 38.9. The van der Waals surface area contributed by atoms with Crippen LogP contribution < -0.4 is 10.6 Å². The van der Waals surface area contributed by atoms with Crippen molar-refractivity contribution < 1.29 is 143 Å². The van der Waals surface area contributed by atoms with Gasteiger partial charge in [0, 0.05) is 39.1 Å². The Hall–Kier alpha value is -2.02. The van der Waals surface area contributed by atoms with Crippen LogP contribution in [0.4, 0.5) is 0 Å². The molecule has 0 aromatic carbocycles. The topological polar surface area (TPSA) is 476 Å². The Kier molecular flexibility index (Phi) is 52.1. The molecule has 17 N–H and O–H groups in total. The van der Waals surface area contributed by atoms with Crippen molar-refractivity contribution in [1.29, 1.82) is 0 Å². The van der Waals surface area contributed by atoms with E-state index in [4.69, 9.17) is 61.9 Å². The fourth-order valence-corrected chi connectivity index (χ4v) is 6.65. The van der Waals surface area contributed by atoms with Gasteiger partial charge in [-0.3, -0.25) is 14.5 Å². The van der Waals surface area contributed by atoms with E-state index in [1.54, 1.807) is 0 Å². The van der Waals surface area contributed by atoms with Gasteiger partial charge in [0.15, 0.2) is 0 Å². The third-order valence-corrected chi connectivity index (χ3v) is 11.4. The molecule has 0 aliphatic carbocycles. The Labute approximate surface area is 473 Å². The van der Waals surface area contributed by atoms with Gasteiger partial charge in [0.25, 0.3) is 0 Å². The lowest BCUT2D eigenvalue weighted by Gasteiger charge is -2.35. The van der Waals surface area contributed by atoms with Crippen LogP contribution in [-0.2, 0) is 66.4 Å². The number of nitrogens with one attached hydrogen (secondary N) is 2. The van der Waals surface area contributed by atoms with Gasteiger partial charge >= 0.3 is 0 Å². The molecule has 32 nitrogen and oxygen atoms in total. The minimum absolute atomic E-state index is 0.0410. The molecule has 0 aromatic heterocycles. The van der Waals surface area contributed by atoms with E-state index < -0.39 is 131 Å². The van der Waals surface area contributed by atoms with Crippen LogP contribution >= 0.6 is 0 Å². The lowest BCUT2D eigenvalue weighted by atomic mass is 10.0. The summed E-state index contributed by atoms with van der Waals surface area (Å²) in [6.07, 6.45) is -23.6. The summed E-state index contributed by atoms with van der Waals surface area (Å²) < 4.78 is 65.4. The molecule has 0 saturated carbocycles. The number of carbonyl (C=O) groups is 2. The predicted octanol–water partition coefficient (Wildman–Crippen LogP) is -10.2. The van der Waals surface area contributed by atoms with E-state index >= 15 is 0 Å². The molecule has 0 spiro atoms. The summed E-state index contributed by atoms with van der Waals surface area (Å²) >= 11 is 0. The Balaban J connectivity index is 4.40. The molecule has 0 rings (SSSR count). The number of aliphatic hydroxyl groups is 15. The Bertz CT molecular complexity index is 1400. The molecular weight excluding hydrogens is 1090 g/mol. The zero-order chi connectivity index (χ0) is 60.5. The van der Waals surface area contributed by atoms with Gasteiger partial charge in [-0.05, 0) is 6.92 Å². The second-order valence-corrected chi connectivity index (χ2v) is 18.2. The smallest absolute Gasteiger partial charge is 0.238 e. The highest BCUT2D eigenvalue weighted by Crippen LogP contribution is 2.12. The highest BCUT2D eigenvalue weighted by Gasteiger charge is 2.36. The normalized spacial score (nSPS) is 17.0. The first-order valence-corrected chi connectivity index (χ1v) is 27.1. The molecule has 0 bridgehead atoms. The van der Waals surface area contributed by atoms with Crippen molar-refractivity contribution in [3.8, 4) is 0 Å². The number of hydrogen-bond acceptors (Lipinski definition) is 31. The number of ketones is 1. The molecule has 81 heavy (non-hydrogen) atoms. The summed E-state index contributed by atoms with van der Waals surface area (Å²) in [6, 6.07) is -1.48. The quantitative estimate of drug-likeness (QED) is 0.0251. The van der Waals surface area contributed by atoms with Crippen molar-refractivity contribution >= 4 is 11.7 Å². The van der Waals surface area contributed by atoms with Crippen molar-refractivity contribution in [3.05, 3.63) is 0 Å². The molecule has 1 unspecified atom stereocenters. The zero-order valence-electron chi connectivity index (χ0n) is 46.7. The van der Waals surface area contributed by atoms with Crippen LogP contribution in [0.2, 0.25) is 0 Å². The van der Waals surface area contributed by atoms with Crippen molar-refractivity contribution in [3.63, 3.8) is 0 Å². The molecule has 0 heterocycles. The highest BCUT2D eigenvalue weighted by molar-refractivity contribution is 5.82. The molecule has 0 radical (unpaired) electrons. The summed E-state index contributed by atoms with van der Waals surface area (Å²) in [4.78, 5) is 25.4. The van der Waals surface area contributed by atoms with Gasteiger partial charge in [0.2, 0.25) is 5.91 Å². The number of nitrogens with zero attached hydrogens (tertiary/aromatic N) is 1. The molecule has 13 atom stereocenters. The molecule has 0 saturated heterocycles. The first kappa shape index (κ1) is 79.0. The largest absolute Gasteiger partial charge is 0.394 e. The number of rotatable bonds is 61. The van der Waals surface area contributed by atoms with Gasteiger partial charge in [-0.25, -0.2) is 0 Å². The summed E-state index contributed by atoms with van der Waals surface area (Å²) in [5, 5.41) is 156. The van der Waals surface area contributed by atoms with E-state index in [-0.39, 0.29) is 45.4 Å². The zero-order valence-corrected chi connectivity index (χ0v) is 46.7. The van der Waals surface area contributed by atoms with E-state index in [9.17, 15) is 81.1 Å². The van der Waals surface area contributed by atoms with Gasteiger partial charge in [-0.15, -0.1) is 0 Å². The van der Waals surface area contributed by atoms with Crippen LogP contribution in [0.1, 0.15) is 13.3 Å². The van der Waals surface area contributed by atoms with Crippen LogP contribution in [0.5, 0.6) is 0 Å². The third kappa shape index (κ3) is 42.4. The summed E-state index contributed by atoms with van der Waals surface area (Å²) in [6.45, 7) is 4.33. The lowest BCUT2D eigenvalue weighted by molar-refractivity contribution is -0.133. The highest BCUT2D eigenvalue weighted by atomic mass is 16.6. The van der Waals surface area contributed by atoms with Crippen molar-refractivity contribution in [2.45, 2.75) is 92.6 Å². The maximum atomic E-state index is 13.5. The van der Waals surface area contributed by atoms with Crippen molar-refractivity contribution in [2.75, 3.05) is 211 Å². The number of Topliss-reactive ketones (excluding diaryl/α,β-unsaturated/α-hetero) is 1. The Morgan fingerprint density at radius 1 is 0.346 bits per heavy atom. The van der Waals surface area contributed by atoms with Gasteiger partial charge < -0.3 is 144 Å². The molecule has 32 heteroatoms. The van der Waals surface area contributed by atoms with Gasteiger partial charge in [0.05, 0.1) is 203 Å². The average molecular weight is 1190 g/mol. The van der Waals surface area contributed by atoms with E-state index in [1.165, 1.54) is 6.92 Å². The molecule has 1 amide bonds. The number of aliphatic hydroxyl groups excluding tert-OH is 15. The van der Waals surface area contributed by atoms with Gasteiger partial charge in [-0.1, -0.05) is 0 Å². The predicted molar refractivity (Wildman–Crippen MR) is 280 cm³/mol. The van der Waals surface area contributed by atoms with Gasteiger partial charge in [0.1, 0.15) is 60.7 Å². The van der Waals surface area contributed by atoms with E-state index in [2.05, 4.69) is 10.6 Å². The number of amides is 1. The first-order valence-electron chi connectivity index (χ1n) is 27.1. The van der Waals surface area contributed by atoms with Crippen molar-refractivity contribution in [2.24, 2.45) is 0 Å². The minimum Gasteiger partial charge on any atom is -0.394 e. The minimum atomic E-state index is -2.13. The maximum Gasteiger partial charge on any atom is 0.238 e. The standard InChI is InChI=1S/C49H99N3O29/c1-35(56)2-4-70-6-8-72-10-12-74-14-16-76-18-20-78-22-24-80-26-27-81-25-23-79-21-19-77-17-15-75-13-11-73-9-7-71-5-3-50-49(69)36(51-28-37(57)43(63)46(66)40(60)32-53)29-52(30-38(58)44(64)47(67)41(61)33-54)31-39(59)45(65)48(68)42(62)34-55/h36-48,51,53-55,57-68H,2-34H2,1H3,(H,50,69)/t36?,37-,38-,39-,40+,41+,42+,43+,44+,45+,46+,47+,48+/m0/s1. The molecule has 0 aliphatic rings. The average Bonchev–Trinajstić information content (AvgIpc) is 3.46. The Morgan fingerprint density at radius 3 is 0.864 bits per heavy atom. The summed E-state index contributed by atoms with van der Waals surface area (Å²) in [7, 11) is 0. The van der Waals surface area contributed by atoms with E-state index in [0.29, 0.717) is 132 Å². The van der Waals surface area contributed by atoms with Crippen LogP contribution in [-0.4, -0.2) is 384 Å². The Morgan fingerprint density at radius 2 is 0.593 bits per heavy atom.